The summed E-state index contributed by atoms with van der Waals surface area (Å²) in [6, 6.07) is 7.16. The highest BCUT2D eigenvalue weighted by molar-refractivity contribution is 6.30. The number of nitro groups is 1. The van der Waals surface area contributed by atoms with Crippen molar-refractivity contribution >= 4 is 34.6 Å². The highest BCUT2D eigenvalue weighted by Gasteiger charge is 2.22. The van der Waals surface area contributed by atoms with Crippen molar-refractivity contribution < 1.29 is 19.9 Å². The number of carbonyl (C=O) groups is 1. The van der Waals surface area contributed by atoms with Crippen molar-refractivity contribution in [3.05, 3.63) is 56.6 Å². The minimum Gasteiger partial charge on any atom is -0.505 e. The highest BCUT2D eigenvalue weighted by Crippen LogP contribution is 2.40. The van der Waals surface area contributed by atoms with E-state index in [1.807, 2.05) is 20.8 Å². The second-order valence-electron chi connectivity index (χ2n) is 7.24. The maximum atomic E-state index is 11.2. The van der Waals surface area contributed by atoms with Crippen LogP contribution < -0.4 is 0 Å². The Hall–Kier alpha value is -3.00. The van der Waals surface area contributed by atoms with Gasteiger partial charge in [0.25, 0.3) is 5.69 Å². The summed E-state index contributed by atoms with van der Waals surface area (Å²) >= 11 is 5.89. The molecule has 0 bridgehead atoms. The number of aromatic hydroxyl groups is 1. The summed E-state index contributed by atoms with van der Waals surface area (Å²) in [5.74, 6) is -1.05. The molecule has 0 saturated carbocycles. The van der Waals surface area contributed by atoms with Gasteiger partial charge in [0, 0.05) is 23.1 Å². The summed E-state index contributed by atoms with van der Waals surface area (Å²) in [6.45, 7) is 5.68. The number of hydrogen-bond donors (Lipinski definition) is 2. The van der Waals surface area contributed by atoms with Crippen LogP contribution in [0.25, 0.3) is 0 Å². The smallest absolute Gasteiger partial charge is 0.303 e. The Balaban J connectivity index is 2.54. The Kier molecular flexibility index (Phi) is 6.35. The molecule has 2 aromatic rings. The summed E-state index contributed by atoms with van der Waals surface area (Å²) in [5.41, 5.74) is 0.581. The number of phenols is 1. The Morgan fingerprint density at radius 2 is 1.82 bits per heavy atom. The average Bonchev–Trinajstić information content (AvgIpc) is 2.58. The molecule has 0 aromatic heterocycles. The fourth-order valence-electron chi connectivity index (χ4n) is 2.56. The van der Waals surface area contributed by atoms with E-state index in [0.29, 0.717) is 11.1 Å². The summed E-state index contributed by atoms with van der Waals surface area (Å²) in [5, 5.41) is 38.8. The first-order chi connectivity index (χ1) is 13.0. The Bertz CT molecular complexity index is 951. The Labute approximate surface area is 166 Å². The fourth-order valence-corrected chi connectivity index (χ4v) is 2.73. The first-order valence-electron chi connectivity index (χ1n) is 8.43. The molecule has 0 aliphatic carbocycles. The molecule has 0 unspecified atom stereocenters. The minimum atomic E-state index is -0.942. The standard InChI is InChI=1S/C19H20ClN3O5/c1-19(2,3)13-8-11(4-7-17(24)25)9-15(18(13)26)22-21-14-10-12(20)5-6-16(14)23(27)28/h5-6,8-10,26H,4,7H2,1-3H3,(H,24,25). The second-order valence-corrected chi connectivity index (χ2v) is 7.68. The number of rotatable bonds is 6. The Morgan fingerprint density at radius 3 is 2.39 bits per heavy atom. The van der Waals surface area contributed by atoms with Crippen molar-refractivity contribution in [2.45, 2.75) is 39.0 Å². The van der Waals surface area contributed by atoms with E-state index in [4.69, 9.17) is 16.7 Å². The van der Waals surface area contributed by atoms with Gasteiger partial charge in [-0.1, -0.05) is 38.4 Å². The fraction of sp³-hybridized carbons (Fsp3) is 0.316. The van der Waals surface area contributed by atoms with Gasteiger partial charge in [0.1, 0.15) is 11.4 Å². The number of hydrogen-bond acceptors (Lipinski definition) is 6. The molecule has 2 rings (SSSR count). The van der Waals surface area contributed by atoms with Crippen LogP contribution in [0.5, 0.6) is 5.75 Å². The summed E-state index contributed by atoms with van der Waals surface area (Å²) in [4.78, 5) is 21.4. The summed E-state index contributed by atoms with van der Waals surface area (Å²) in [7, 11) is 0. The van der Waals surface area contributed by atoms with Crippen molar-refractivity contribution in [3.63, 3.8) is 0 Å². The van der Waals surface area contributed by atoms with Gasteiger partial charge in [0.2, 0.25) is 0 Å². The van der Waals surface area contributed by atoms with E-state index in [-0.39, 0.29) is 40.7 Å². The maximum Gasteiger partial charge on any atom is 0.303 e. The zero-order valence-electron chi connectivity index (χ0n) is 15.6. The number of carboxylic acids is 1. The maximum absolute atomic E-state index is 11.2. The van der Waals surface area contributed by atoms with Crippen LogP contribution in [0.1, 0.15) is 38.3 Å². The predicted octanol–water partition coefficient (Wildman–Crippen LogP) is 5.68. The number of nitro benzene ring substituents is 1. The van der Waals surface area contributed by atoms with Crippen LogP contribution >= 0.6 is 11.6 Å². The molecule has 2 N–H and O–H groups in total. The monoisotopic (exact) mass is 405 g/mol. The molecule has 2 aromatic carbocycles. The number of benzene rings is 2. The number of aliphatic carboxylic acids is 1. The molecule has 0 radical (unpaired) electrons. The van der Waals surface area contributed by atoms with Crippen molar-refractivity contribution in [2.75, 3.05) is 0 Å². The number of phenolic OH excluding ortho intramolecular Hbond substituents is 1. The largest absolute Gasteiger partial charge is 0.505 e. The molecule has 0 fully saturated rings. The minimum absolute atomic E-state index is 0.0508. The number of aryl methyl sites for hydroxylation is 1. The molecule has 9 heteroatoms. The molecule has 0 amide bonds. The molecule has 0 atom stereocenters. The lowest BCUT2D eigenvalue weighted by Crippen LogP contribution is -2.12. The lowest BCUT2D eigenvalue weighted by atomic mass is 9.84. The third-order valence-corrected chi connectivity index (χ3v) is 4.22. The first-order valence-corrected chi connectivity index (χ1v) is 8.80. The quantitative estimate of drug-likeness (QED) is 0.363. The molecule has 0 aliphatic heterocycles. The number of azo groups is 1. The van der Waals surface area contributed by atoms with E-state index in [9.17, 15) is 20.0 Å². The van der Waals surface area contributed by atoms with Crippen LogP contribution in [0.3, 0.4) is 0 Å². The molecule has 0 heterocycles. The number of halogens is 1. The van der Waals surface area contributed by atoms with Crippen molar-refractivity contribution in [1.29, 1.82) is 0 Å². The van der Waals surface area contributed by atoms with Gasteiger partial charge in [0.15, 0.2) is 5.69 Å². The van der Waals surface area contributed by atoms with Crippen LogP contribution in [0.4, 0.5) is 17.1 Å². The highest BCUT2D eigenvalue weighted by atomic mass is 35.5. The molecule has 8 nitrogen and oxygen atoms in total. The van der Waals surface area contributed by atoms with Crippen LogP contribution in [-0.4, -0.2) is 21.1 Å². The molecule has 28 heavy (non-hydrogen) atoms. The summed E-state index contributed by atoms with van der Waals surface area (Å²) < 4.78 is 0. The zero-order valence-corrected chi connectivity index (χ0v) is 16.4. The average molecular weight is 406 g/mol. The SMILES string of the molecule is CC(C)(C)c1cc(CCC(=O)O)cc(N=Nc2cc(Cl)ccc2[N+](=O)[O-])c1O. The van der Waals surface area contributed by atoms with Gasteiger partial charge < -0.3 is 10.2 Å². The van der Waals surface area contributed by atoms with Crippen LogP contribution in [-0.2, 0) is 16.6 Å². The topological polar surface area (TPSA) is 125 Å². The lowest BCUT2D eigenvalue weighted by Gasteiger charge is -2.22. The molecule has 0 aliphatic rings. The Morgan fingerprint density at radius 1 is 1.18 bits per heavy atom. The molecular formula is C19H20ClN3O5. The predicted molar refractivity (Wildman–Crippen MR) is 105 cm³/mol. The third-order valence-electron chi connectivity index (χ3n) is 3.98. The summed E-state index contributed by atoms with van der Waals surface area (Å²) in [6.07, 6.45) is 0.170. The van der Waals surface area contributed by atoms with Crippen molar-refractivity contribution in [1.82, 2.24) is 0 Å². The van der Waals surface area contributed by atoms with E-state index in [2.05, 4.69) is 10.2 Å². The molecule has 148 valence electrons. The van der Waals surface area contributed by atoms with Crippen molar-refractivity contribution in [2.24, 2.45) is 10.2 Å². The van der Waals surface area contributed by atoms with Crippen LogP contribution in [0, 0.1) is 10.1 Å². The van der Waals surface area contributed by atoms with Crippen LogP contribution in [0.15, 0.2) is 40.6 Å². The van der Waals surface area contributed by atoms with E-state index in [1.54, 1.807) is 6.07 Å². The van der Waals surface area contributed by atoms with Gasteiger partial charge in [0.05, 0.1) is 4.92 Å². The normalized spacial score (nSPS) is 11.7. The molecule has 0 spiro atoms. The zero-order chi connectivity index (χ0) is 21.1. The van der Waals surface area contributed by atoms with Gasteiger partial charge in [-0.05, 0) is 35.6 Å². The van der Waals surface area contributed by atoms with E-state index >= 15 is 0 Å². The van der Waals surface area contributed by atoms with Gasteiger partial charge >= 0.3 is 5.97 Å². The van der Waals surface area contributed by atoms with Crippen molar-refractivity contribution in [3.8, 4) is 5.75 Å². The van der Waals surface area contributed by atoms with E-state index < -0.39 is 16.3 Å². The van der Waals surface area contributed by atoms with E-state index in [1.165, 1.54) is 24.3 Å². The first kappa shape index (κ1) is 21.3. The third kappa shape index (κ3) is 5.26. The lowest BCUT2D eigenvalue weighted by molar-refractivity contribution is -0.384. The van der Waals surface area contributed by atoms with Gasteiger partial charge in [-0.15, -0.1) is 10.2 Å². The van der Waals surface area contributed by atoms with Gasteiger partial charge in [-0.3, -0.25) is 14.9 Å². The number of nitrogens with zero attached hydrogens (tertiary/aromatic N) is 3. The van der Waals surface area contributed by atoms with Gasteiger partial charge in [-0.2, -0.15) is 0 Å². The molecular weight excluding hydrogens is 386 g/mol. The number of carboxylic acid groups (broad SMARTS) is 1. The van der Waals surface area contributed by atoms with Crippen LogP contribution in [0.2, 0.25) is 5.02 Å². The molecule has 0 saturated heterocycles. The second kappa shape index (κ2) is 8.35. The van der Waals surface area contributed by atoms with Gasteiger partial charge in [-0.25, -0.2) is 0 Å². The van der Waals surface area contributed by atoms with E-state index in [0.717, 1.165) is 0 Å².